The van der Waals surface area contributed by atoms with Crippen LogP contribution < -0.4 is 10.1 Å². The molecule has 0 radical (unpaired) electrons. The normalized spacial score (nSPS) is 20.5. The highest BCUT2D eigenvalue weighted by atomic mass is 16.5. The number of dihydropyridines is 1. The van der Waals surface area contributed by atoms with Crippen molar-refractivity contribution in [2.45, 2.75) is 46.5 Å². The van der Waals surface area contributed by atoms with Crippen LogP contribution in [0.4, 0.5) is 0 Å². The fourth-order valence-corrected chi connectivity index (χ4v) is 4.47. The zero-order valence-electron chi connectivity index (χ0n) is 17.8. The van der Waals surface area contributed by atoms with Gasteiger partial charge in [0.1, 0.15) is 17.3 Å². The van der Waals surface area contributed by atoms with Gasteiger partial charge in [0.25, 0.3) is 0 Å². The number of Topliss-reactive ketones (excluding diaryl/α,β-unsaturated/α-hetero) is 1. The lowest BCUT2D eigenvalue weighted by Gasteiger charge is -2.38. The van der Waals surface area contributed by atoms with E-state index in [2.05, 4.69) is 25.2 Å². The van der Waals surface area contributed by atoms with Crippen molar-refractivity contribution in [2.24, 2.45) is 5.41 Å². The maximum atomic E-state index is 13.1. The molecule has 5 nitrogen and oxygen atoms in total. The molecule has 2 aromatic rings. The van der Waals surface area contributed by atoms with Crippen molar-refractivity contribution in [3.63, 3.8) is 0 Å². The number of allylic oxidation sites excluding steroid dienone is 4. The van der Waals surface area contributed by atoms with Crippen LogP contribution in [0.3, 0.4) is 0 Å². The molecule has 4 rings (SSSR count). The van der Waals surface area contributed by atoms with Crippen molar-refractivity contribution in [1.82, 2.24) is 5.32 Å². The Morgan fingerprint density at radius 2 is 2.00 bits per heavy atom. The van der Waals surface area contributed by atoms with Crippen molar-refractivity contribution in [1.29, 1.82) is 5.26 Å². The number of nitrogens with zero attached hydrogens (tertiary/aromatic N) is 1. The molecule has 0 saturated heterocycles. The molecule has 1 aliphatic carbocycles. The summed E-state index contributed by atoms with van der Waals surface area (Å²) in [6.45, 7) is 8.58. The Morgan fingerprint density at radius 3 is 2.73 bits per heavy atom. The van der Waals surface area contributed by atoms with Crippen LogP contribution in [0.15, 0.2) is 63.4 Å². The monoisotopic (exact) mass is 402 g/mol. The molecule has 0 bridgehead atoms. The van der Waals surface area contributed by atoms with Gasteiger partial charge in [-0.2, -0.15) is 5.26 Å². The van der Waals surface area contributed by atoms with Crippen LogP contribution in [0.2, 0.25) is 0 Å². The number of carbonyl (C=O) groups is 1. The molecule has 5 heteroatoms. The molecular formula is C25H26N2O3. The molecule has 0 unspecified atom stereocenters. The smallest absolute Gasteiger partial charge is 0.162 e. The second kappa shape index (κ2) is 7.53. The van der Waals surface area contributed by atoms with Gasteiger partial charge in [-0.1, -0.05) is 26.0 Å². The number of hydrogen-bond acceptors (Lipinski definition) is 5. The number of benzene rings is 1. The molecule has 0 amide bonds. The van der Waals surface area contributed by atoms with Crippen molar-refractivity contribution >= 4 is 5.78 Å². The summed E-state index contributed by atoms with van der Waals surface area (Å²) in [5.41, 5.74) is 3.62. The van der Waals surface area contributed by atoms with Gasteiger partial charge in [0.15, 0.2) is 5.78 Å². The first-order valence-electron chi connectivity index (χ1n) is 10.3. The van der Waals surface area contributed by atoms with Gasteiger partial charge < -0.3 is 14.5 Å². The topological polar surface area (TPSA) is 75.3 Å². The Kier molecular flexibility index (Phi) is 5.03. The first kappa shape index (κ1) is 20.0. The van der Waals surface area contributed by atoms with Gasteiger partial charge >= 0.3 is 0 Å². The number of para-hydroxylation sites is 1. The maximum absolute atomic E-state index is 13.1. The lowest BCUT2D eigenvalue weighted by atomic mass is 9.70. The van der Waals surface area contributed by atoms with Crippen LogP contribution in [-0.4, -0.2) is 12.4 Å². The average molecular weight is 402 g/mol. The molecule has 1 aliphatic heterocycles. The van der Waals surface area contributed by atoms with E-state index < -0.39 is 5.92 Å². The first-order valence-corrected chi connectivity index (χ1v) is 10.3. The van der Waals surface area contributed by atoms with Gasteiger partial charge in [0.05, 0.1) is 29.7 Å². The second-order valence-electron chi connectivity index (χ2n) is 8.67. The number of furan rings is 1. The van der Waals surface area contributed by atoms with Crippen LogP contribution in [0.25, 0.3) is 11.3 Å². The standard InChI is InChI=1S/C25H26N2O3/c1-5-29-20-9-7-6-8-16(20)21-10-11-22(30-21)23-17(14-26)15(2)27-18-12-25(3,4)13-19(28)24(18)23/h6-11,23,27H,5,12-13H2,1-4H3/t23-/m0/s1. The minimum atomic E-state index is -0.483. The van der Waals surface area contributed by atoms with Crippen LogP contribution in [0, 0.1) is 16.7 Å². The number of carbonyl (C=O) groups excluding carboxylic acids is 1. The van der Waals surface area contributed by atoms with Crippen molar-refractivity contribution in [3.8, 4) is 23.1 Å². The predicted octanol–water partition coefficient (Wildman–Crippen LogP) is 5.47. The zero-order chi connectivity index (χ0) is 21.5. The molecule has 2 aliphatic rings. The van der Waals surface area contributed by atoms with E-state index in [4.69, 9.17) is 9.15 Å². The predicted molar refractivity (Wildman–Crippen MR) is 115 cm³/mol. The summed E-state index contributed by atoms with van der Waals surface area (Å²) in [7, 11) is 0. The molecule has 1 atom stereocenters. The zero-order valence-corrected chi connectivity index (χ0v) is 17.8. The average Bonchev–Trinajstić information content (AvgIpc) is 3.16. The minimum absolute atomic E-state index is 0.0756. The molecule has 1 aromatic carbocycles. The SMILES string of the molecule is CCOc1ccccc1-c1ccc([C@@H]2C(C#N)=C(C)NC3=C2C(=O)CC(C)(C)C3)o1. The van der Waals surface area contributed by atoms with E-state index in [0.717, 1.165) is 29.1 Å². The summed E-state index contributed by atoms with van der Waals surface area (Å²) in [5.74, 6) is 1.60. The van der Waals surface area contributed by atoms with E-state index in [1.54, 1.807) is 0 Å². The Balaban J connectivity index is 1.81. The molecular weight excluding hydrogens is 376 g/mol. The largest absolute Gasteiger partial charge is 0.493 e. The van der Waals surface area contributed by atoms with Gasteiger partial charge in [-0.3, -0.25) is 4.79 Å². The Morgan fingerprint density at radius 1 is 1.23 bits per heavy atom. The highest BCUT2D eigenvalue weighted by molar-refractivity contribution is 6.00. The quantitative estimate of drug-likeness (QED) is 0.734. The number of hydrogen-bond donors (Lipinski definition) is 1. The van der Waals surface area contributed by atoms with Gasteiger partial charge in [0.2, 0.25) is 0 Å². The second-order valence-corrected chi connectivity index (χ2v) is 8.67. The Bertz CT molecular complexity index is 1110. The maximum Gasteiger partial charge on any atom is 0.162 e. The number of nitriles is 1. The summed E-state index contributed by atoms with van der Waals surface area (Å²) in [4.78, 5) is 13.1. The number of rotatable bonds is 4. The molecule has 0 saturated carbocycles. The number of ketones is 1. The lowest BCUT2D eigenvalue weighted by Crippen LogP contribution is -2.36. The minimum Gasteiger partial charge on any atom is -0.493 e. The fourth-order valence-electron chi connectivity index (χ4n) is 4.47. The third-order valence-electron chi connectivity index (χ3n) is 5.72. The summed E-state index contributed by atoms with van der Waals surface area (Å²) in [6, 6.07) is 13.8. The Hall–Kier alpha value is -3.26. The van der Waals surface area contributed by atoms with Gasteiger partial charge in [-0.25, -0.2) is 0 Å². The van der Waals surface area contributed by atoms with Gasteiger partial charge in [0, 0.05) is 23.4 Å². The first-order chi connectivity index (χ1) is 14.3. The molecule has 1 N–H and O–H groups in total. The van der Waals surface area contributed by atoms with Crippen LogP contribution in [0.5, 0.6) is 5.75 Å². The highest BCUT2D eigenvalue weighted by Crippen LogP contribution is 2.47. The van der Waals surface area contributed by atoms with Crippen LogP contribution >= 0.6 is 0 Å². The number of ether oxygens (including phenoxy) is 1. The summed E-state index contributed by atoms with van der Waals surface area (Å²) in [6.07, 6.45) is 1.23. The Labute approximate surface area is 177 Å². The van der Waals surface area contributed by atoms with Crippen molar-refractivity contribution < 1.29 is 13.9 Å². The molecule has 0 spiro atoms. The van der Waals surface area contributed by atoms with Gasteiger partial charge in [-0.05, 0) is 49.9 Å². The fraction of sp³-hybridized carbons (Fsp3) is 0.360. The molecule has 0 fully saturated rings. The van der Waals surface area contributed by atoms with Crippen molar-refractivity contribution in [2.75, 3.05) is 6.61 Å². The molecule has 1 aromatic heterocycles. The summed E-state index contributed by atoms with van der Waals surface area (Å²) in [5, 5.41) is 13.2. The highest BCUT2D eigenvalue weighted by Gasteiger charge is 2.42. The van der Waals surface area contributed by atoms with E-state index in [9.17, 15) is 10.1 Å². The molecule has 2 heterocycles. The van der Waals surface area contributed by atoms with Crippen LogP contribution in [0.1, 0.15) is 52.2 Å². The molecule has 30 heavy (non-hydrogen) atoms. The van der Waals surface area contributed by atoms with Gasteiger partial charge in [-0.15, -0.1) is 0 Å². The van der Waals surface area contributed by atoms with E-state index >= 15 is 0 Å². The van der Waals surface area contributed by atoms with Crippen molar-refractivity contribution in [3.05, 3.63) is 64.7 Å². The third kappa shape index (κ3) is 3.43. The van der Waals surface area contributed by atoms with Crippen LogP contribution in [-0.2, 0) is 4.79 Å². The summed E-state index contributed by atoms with van der Waals surface area (Å²) >= 11 is 0. The van der Waals surface area contributed by atoms with E-state index in [1.807, 2.05) is 50.2 Å². The number of nitrogens with one attached hydrogen (secondary N) is 1. The van der Waals surface area contributed by atoms with E-state index in [0.29, 0.717) is 35.7 Å². The van der Waals surface area contributed by atoms with E-state index in [1.165, 1.54) is 0 Å². The third-order valence-corrected chi connectivity index (χ3v) is 5.72. The summed E-state index contributed by atoms with van der Waals surface area (Å²) < 4.78 is 12.0. The molecule has 154 valence electrons. The lowest BCUT2D eigenvalue weighted by molar-refractivity contribution is -0.118. The van der Waals surface area contributed by atoms with E-state index in [-0.39, 0.29) is 11.2 Å².